The van der Waals surface area contributed by atoms with E-state index in [-0.39, 0.29) is 18.0 Å². The molecule has 2 heteroatoms. The summed E-state index contributed by atoms with van der Waals surface area (Å²) in [5.74, 6) is -0.0286. The molecular weight excluding hydrogens is 164 g/mol. The van der Waals surface area contributed by atoms with Crippen molar-refractivity contribution in [3.63, 3.8) is 0 Å². The fourth-order valence-electron chi connectivity index (χ4n) is 1.59. The van der Waals surface area contributed by atoms with Gasteiger partial charge in [-0.05, 0) is 5.56 Å². The molecular formula is C11H12O2. The second kappa shape index (κ2) is 3.21. The molecule has 2 nitrogen and oxygen atoms in total. The average Bonchev–Trinajstić information content (AvgIpc) is 2.49. The van der Waals surface area contributed by atoms with Gasteiger partial charge in [0, 0.05) is 6.42 Å². The van der Waals surface area contributed by atoms with Gasteiger partial charge in [-0.25, -0.2) is 0 Å². The van der Waals surface area contributed by atoms with Crippen LogP contribution in [0.4, 0.5) is 0 Å². The van der Waals surface area contributed by atoms with Crippen molar-refractivity contribution in [2.24, 2.45) is 5.92 Å². The van der Waals surface area contributed by atoms with E-state index in [1.807, 2.05) is 37.3 Å². The Morgan fingerprint density at radius 1 is 1.31 bits per heavy atom. The van der Waals surface area contributed by atoms with Crippen molar-refractivity contribution in [1.82, 2.24) is 0 Å². The van der Waals surface area contributed by atoms with Crippen LogP contribution in [0.1, 0.15) is 25.0 Å². The van der Waals surface area contributed by atoms with Crippen LogP contribution in [0.3, 0.4) is 0 Å². The molecule has 0 bridgehead atoms. The minimum atomic E-state index is -0.0751. The quantitative estimate of drug-likeness (QED) is 0.614. The van der Waals surface area contributed by atoms with Gasteiger partial charge in [0.2, 0.25) is 0 Å². The standard InChI is InChI=1S/C11H12O2/c1-8-7-10(13-11(8)12)9-5-3-2-4-6-9/h2-6,8,10H,7H2,1H3/t8-,10-/m1/s1. The molecule has 0 saturated carbocycles. The van der Waals surface area contributed by atoms with Crippen LogP contribution in [-0.2, 0) is 9.53 Å². The minimum absolute atomic E-state index is 0.0244. The van der Waals surface area contributed by atoms with Gasteiger partial charge < -0.3 is 4.74 Å². The molecule has 68 valence electrons. The van der Waals surface area contributed by atoms with Crippen LogP contribution in [0.2, 0.25) is 0 Å². The number of benzene rings is 1. The molecule has 1 aromatic carbocycles. The van der Waals surface area contributed by atoms with Crippen LogP contribution in [0.25, 0.3) is 0 Å². The fraction of sp³-hybridized carbons (Fsp3) is 0.364. The van der Waals surface area contributed by atoms with Gasteiger partial charge >= 0.3 is 5.97 Å². The van der Waals surface area contributed by atoms with Crippen molar-refractivity contribution in [2.75, 3.05) is 0 Å². The lowest BCUT2D eigenvalue weighted by Gasteiger charge is -2.07. The van der Waals surface area contributed by atoms with Crippen LogP contribution in [0.5, 0.6) is 0 Å². The summed E-state index contributed by atoms with van der Waals surface area (Å²) in [7, 11) is 0. The SMILES string of the molecule is C[C@@H]1C[C@H](c2ccccc2)OC1=O. The van der Waals surface area contributed by atoms with Gasteiger partial charge in [0.15, 0.2) is 0 Å². The number of carbonyl (C=O) groups is 1. The lowest BCUT2D eigenvalue weighted by atomic mass is 10.0. The predicted octanol–water partition coefficient (Wildman–Crippen LogP) is 2.31. The molecule has 2 atom stereocenters. The highest BCUT2D eigenvalue weighted by Crippen LogP contribution is 2.32. The highest BCUT2D eigenvalue weighted by atomic mass is 16.5. The number of hydrogen-bond donors (Lipinski definition) is 0. The molecule has 1 saturated heterocycles. The molecule has 0 spiro atoms. The normalized spacial score (nSPS) is 27.3. The number of cyclic esters (lactones) is 1. The Balaban J connectivity index is 2.17. The van der Waals surface area contributed by atoms with Crippen molar-refractivity contribution in [1.29, 1.82) is 0 Å². The van der Waals surface area contributed by atoms with Crippen LogP contribution >= 0.6 is 0 Å². The first kappa shape index (κ1) is 8.30. The first-order valence-corrected chi connectivity index (χ1v) is 4.53. The van der Waals surface area contributed by atoms with Crippen molar-refractivity contribution in [3.05, 3.63) is 35.9 Å². The summed E-state index contributed by atoms with van der Waals surface area (Å²) in [5.41, 5.74) is 1.10. The van der Waals surface area contributed by atoms with Crippen molar-refractivity contribution in [3.8, 4) is 0 Å². The summed E-state index contributed by atoms with van der Waals surface area (Å²) in [6, 6.07) is 9.88. The molecule has 1 aliphatic rings. The van der Waals surface area contributed by atoms with Crippen molar-refractivity contribution in [2.45, 2.75) is 19.4 Å². The van der Waals surface area contributed by atoms with E-state index in [2.05, 4.69) is 0 Å². The van der Waals surface area contributed by atoms with Gasteiger partial charge in [-0.2, -0.15) is 0 Å². The Bertz CT molecular complexity index is 305. The monoisotopic (exact) mass is 176 g/mol. The second-order valence-corrected chi connectivity index (χ2v) is 3.47. The lowest BCUT2D eigenvalue weighted by molar-refractivity contribution is -0.144. The highest BCUT2D eigenvalue weighted by molar-refractivity contribution is 5.74. The zero-order chi connectivity index (χ0) is 9.26. The maximum Gasteiger partial charge on any atom is 0.309 e. The van der Waals surface area contributed by atoms with E-state index in [4.69, 9.17) is 4.74 Å². The number of carbonyl (C=O) groups excluding carboxylic acids is 1. The molecule has 1 aromatic rings. The number of ether oxygens (including phenoxy) is 1. The zero-order valence-electron chi connectivity index (χ0n) is 7.57. The van der Waals surface area contributed by atoms with Gasteiger partial charge in [0.05, 0.1) is 5.92 Å². The number of rotatable bonds is 1. The largest absolute Gasteiger partial charge is 0.457 e. The molecule has 0 amide bonds. The maximum absolute atomic E-state index is 11.1. The van der Waals surface area contributed by atoms with E-state index < -0.39 is 0 Å². The van der Waals surface area contributed by atoms with Gasteiger partial charge in [0.25, 0.3) is 0 Å². The molecule has 1 fully saturated rings. The van der Waals surface area contributed by atoms with E-state index in [0.717, 1.165) is 12.0 Å². The third-order valence-corrected chi connectivity index (χ3v) is 2.40. The first-order valence-electron chi connectivity index (χ1n) is 4.53. The number of esters is 1. The smallest absolute Gasteiger partial charge is 0.309 e. The molecule has 0 N–H and O–H groups in total. The molecule has 0 aliphatic carbocycles. The molecule has 0 aromatic heterocycles. The summed E-state index contributed by atoms with van der Waals surface area (Å²) in [6.45, 7) is 1.91. The Labute approximate surface area is 77.5 Å². The zero-order valence-corrected chi connectivity index (χ0v) is 7.57. The lowest BCUT2D eigenvalue weighted by Crippen LogP contribution is -2.01. The third kappa shape index (κ3) is 1.57. The Morgan fingerprint density at radius 2 is 2.00 bits per heavy atom. The Morgan fingerprint density at radius 3 is 2.54 bits per heavy atom. The van der Waals surface area contributed by atoms with Crippen molar-refractivity contribution < 1.29 is 9.53 Å². The van der Waals surface area contributed by atoms with Crippen LogP contribution in [0.15, 0.2) is 30.3 Å². The molecule has 1 heterocycles. The summed E-state index contributed by atoms with van der Waals surface area (Å²) < 4.78 is 5.22. The third-order valence-electron chi connectivity index (χ3n) is 2.40. The maximum atomic E-state index is 11.1. The van der Waals surface area contributed by atoms with Crippen molar-refractivity contribution >= 4 is 5.97 Å². The minimum Gasteiger partial charge on any atom is -0.457 e. The fourth-order valence-corrected chi connectivity index (χ4v) is 1.59. The Hall–Kier alpha value is -1.31. The van der Waals surface area contributed by atoms with Crippen LogP contribution < -0.4 is 0 Å². The van der Waals surface area contributed by atoms with E-state index in [9.17, 15) is 4.79 Å². The Kier molecular flexibility index (Phi) is 2.05. The van der Waals surface area contributed by atoms with Crippen LogP contribution in [0, 0.1) is 5.92 Å². The molecule has 13 heavy (non-hydrogen) atoms. The van der Waals surface area contributed by atoms with Gasteiger partial charge in [-0.15, -0.1) is 0 Å². The molecule has 2 rings (SSSR count). The van der Waals surface area contributed by atoms with Crippen LogP contribution in [-0.4, -0.2) is 5.97 Å². The molecule has 1 aliphatic heterocycles. The van der Waals surface area contributed by atoms with E-state index in [0.29, 0.717) is 0 Å². The summed E-state index contributed by atoms with van der Waals surface area (Å²) in [6.07, 6.45) is 0.784. The predicted molar refractivity (Wildman–Crippen MR) is 49.1 cm³/mol. The average molecular weight is 176 g/mol. The summed E-state index contributed by atoms with van der Waals surface area (Å²) in [4.78, 5) is 11.1. The number of hydrogen-bond acceptors (Lipinski definition) is 2. The van der Waals surface area contributed by atoms with Gasteiger partial charge in [-0.3, -0.25) is 4.79 Å². The van der Waals surface area contributed by atoms with E-state index in [1.54, 1.807) is 0 Å². The molecule has 0 unspecified atom stereocenters. The van der Waals surface area contributed by atoms with Gasteiger partial charge in [-0.1, -0.05) is 37.3 Å². The summed E-state index contributed by atoms with van der Waals surface area (Å²) in [5, 5.41) is 0. The second-order valence-electron chi connectivity index (χ2n) is 3.47. The summed E-state index contributed by atoms with van der Waals surface area (Å²) >= 11 is 0. The van der Waals surface area contributed by atoms with E-state index in [1.165, 1.54) is 0 Å². The molecule has 0 radical (unpaired) electrons. The van der Waals surface area contributed by atoms with Gasteiger partial charge in [0.1, 0.15) is 6.10 Å². The topological polar surface area (TPSA) is 26.3 Å². The highest BCUT2D eigenvalue weighted by Gasteiger charge is 2.31. The van der Waals surface area contributed by atoms with E-state index >= 15 is 0 Å². The first-order chi connectivity index (χ1) is 6.27.